The maximum atomic E-state index is 13.2. The second kappa shape index (κ2) is 9.84. The van der Waals surface area contributed by atoms with E-state index in [9.17, 15) is 29.1 Å². The fourth-order valence-electron chi connectivity index (χ4n) is 3.42. The molecule has 3 fully saturated rings. The predicted molar refractivity (Wildman–Crippen MR) is 126 cm³/mol. The molecule has 2 aliphatic heterocycles. The van der Waals surface area contributed by atoms with Crippen molar-refractivity contribution < 1.29 is 43.4 Å². The molecule has 0 aromatic carbocycles. The lowest BCUT2D eigenvalue weighted by Crippen LogP contribution is -2.72. The molecule has 15 nitrogen and oxygen atoms in total. The third-order valence-corrected chi connectivity index (χ3v) is 6.29. The van der Waals surface area contributed by atoms with E-state index in [4.69, 9.17) is 14.3 Å². The molecule has 200 valence electrons. The van der Waals surface area contributed by atoms with Crippen LogP contribution in [0.5, 0.6) is 0 Å². The van der Waals surface area contributed by atoms with Gasteiger partial charge >= 0.3 is 18.2 Å². The summed E-state index contributed by atoms with van der Waals surface area (Å²) in [5.41, 5.74) is -2.69. The summed E-state index contributed by atoms with van der Waals surface area (Å²) in [6.07, 6.45) is -0.854. The second-order valence-electron chi connectivity index (χ2n) is 9.62. The van der Waals surface area contributed by atoms with Crippen LogP contribution >= 0.6 is 11.3 Å². The highest BCUT2D eigenvalue weighted by Gasteiger charge is 2.55. The third kappa shape index (κ3) is 6.07. The average molecular weight is 539 g/mol. The smallest absolute Gasteiger partial charge is 0.413 e. The Morgan fingerprint density at radius 1 is 1.35 bits per heavy atom. The number of hydrogen-bond acceptors (Lipinski definition) is 11. The average Bonchev–Trinajstić information content (AvgIpc) is 3.29. The molecule has 1 aliphatic carbocycles. The Hall–Kier alpha value is -3.95. The highest BCUT2D eigenvalue weighted by Crippen LogP contribution is 2.40. The number of oxime groups is 1. The maximum Gasteiger partial charge on any atom is 0.413 e. The molecule has 1 saturated carbocycles. The monoisotopic (exact) mass is 538 g/mol. The number of rotatable bonds is 9. The van der Waals surface area contributed by atoms with Crippen molar-refractivity contribution in [2.75, 3.05) is 25.0 Å². The summed E-state index contributed by atoms with van der Waals surface area (Å²) in [5, 5.41) is 22.3. The first-order valence-corrected chi connectivity index (χ1v) is 12.2. The van der Waals surface area contributed by atoms with E-state index in [1.165, 1.54) is 10.3 Å². The van der Waals surface area contributed by atoms with Crippen LogP contribution in [0.4, 0.5) is 14.7 Å². The van der Waals surface area contributed by atoms with Gasteiger partial charge in [-0.05, 0) is 20.8 Å². The lowest BCUT2D eigenvalue weighted by molar-refractivity contribution is -0.153. The molecule has 0 spiro atoms. The summed E-state index contributed by atoms with van der Waals surface area (Å²) in [5.74, 6) is -2.55. The number of β-lactam (4-membered cyclic amide) rings is 1. The Kier molecular flexibility index (Phi) is 6.94. The van der Waals surface area contributed by atoms with Crippen LogP contribution in [0, 0.1) is 0 Å². The molecule has 37 heavy (non-hydrogen) atoms. The summed E-state index contributed by atoms with van der Waals surface area (Å²) in [4.78, 5) is 71.4. The molecule has 2 atom stereocenters. The predicted octanol–water partition coefficient (Wildman–Crippen LogP) is 0.263. The van der Waals surface area contributed by atoms with E-state index in [2.05, 4.69) is 26.1 Å². The van der Waals surface area contributed by atoms with E-state index in [0.29, 0.717) is 6.54 Å². The second-order valence-corrected chi connectivity index (χ2v) is 10.5. The number of ether oxygens (including phenoxy) is 2. The number of nitrogens with one attached hydrogen (secondary N) is 3. The molecule has 1 aromatic heterocycles. The minimum absolute atomic E-state index is 0.0193. The van der Waals surface area contributed by atoms with E-state index in [1.807, 2.05) is 0 Å². The number of carboxylic acids is 1. The highest BCUT2D eigenvalue weighted by atomic mass is 32.1. The Balaban J connectivity index is 1.49. The number of carbonyl (C=O) groups excluding carboxylic acids is 4. The van der Waals surface area contributed by atoms with E-state index >= 15 is 0 Å². The first-order valence-electron chi connectivity index (χ1n) is 11.4. The van der Waals surface area contributed by atoms with Crippen LogP contribution in [-0.2, 0) is 28.7 Å². The number of anilines is 1. The minimum atomic E-state index is -1.54. The van der Waals surface area contributed by atoms with Gasteiger partial charge in [0.1, 0.15) is 23.9 Å². The lowest BCUT2D eigenvalue weighted by Gasteiger charge is -2.38. The molecule has 3 heterocycles. The molecule has 0 bridgehead atoms. The molecule has 4 N–H and O–H groups in total. The van der Waals surface area contributed by atoms with E-state index < -0.39 is 53.3 Å². The van der Waals surface area contributed by atoms with Gasteiger partial charge in [-0.3, -0.25) is 14.9 Å². The molecule has 2 saturated heterocycles. The molecular weight excluding hydrogens is 512 g/mol. The number of aromatic nitrogens is 1. The van der Waals surface area contributed by atoms with Gasteiger partial charge in [-0.1, -0.05) is 5.16 Å². The number of carbonyl (C=O) groups is 5. The van der Waals surface area contributed by atoms with Gasteiger partial charge in [0.15, 0.2) is 10.8 Å². The first-order chi connectivity index (χ1) is 17.4. The standard InChI is InChI=1S/C21H26N6O9S/c1-20(2,3)35-18(32)25-17-23-11(9-37-17)13(26-36-21(4-5-21)16(30)31)15(29)24-12-10(22-14(12)28)8-27-6-7-34-19(27)33/h9-10,12H,4-8H2,1-3H3,(H,22,28)(H,24,29)(H,30,31)(H,23,25,32)/t10-,12+/m1/s1. The Morgan fingerprint density at radius 2 is 2.08 bits per heavy atom. The quantitative estimate of drug-likeness (QED) is 0.192. The summed E-state index contributed by atoms with van der Waals surface area (Å²) in [7, 11) is 0. The fraction of sp³-hybridized carbons (Fsp3) is 0.571. The summed E-state index contributed by atoms with van der Waals surface area (Å²) >= 11 is 0.973. The Bertz CT molecular complexity index is 1160. The molecule has 4 rings (SSSR count). The summed E-state index contributed by atoms with van der Waals surface area (Å²) in [6.45, 7) is 5.80. The van der Waals surface area contributed by atoms with Crippen molar-refractivity contribution in [3.8, 4) is 0 Å². The molecule has 16 heteroatoms. The van der Waals surface area contributed by atoms with Crippen LogP contribution in [-0.4, -0.2) is 93.7 Å². The van der Waals surface area contributed by atoms with E-state index in [1.54, 1.807) is 20.8 Å². The van der Waals surface area contributed by atoms with Crippen molar-refractivity contribution in [1.29, 1.82) is 0 Å². The van der Waals surface area contributed by atoms with Crippen molar-refractivity contribution in [3.05, 3.63) is 11.1 Å². The maximum absolute atomic E-state index is 13.2. The molecule has 0 radical (unpaired) electrons. The Labute approximate surface area is 214 Å². The van der Waals surface area contributed by atoms with Gasteiger partial charge < -0.3 is 35.0 Å². The molecule has 4 amide bonds. The number of amides is 4. The minimum Gasteiger partial charge on any atom is -0.478 e. The largest absolute Gasteiger partial charge is 0.478 e. The zero-order valence-electron chi connectivity index (χ0n) is 20.2. The van der Waals surface area contributed by atoms with Crippen LogP contribution in [0.3, 0.4) is 0 Å². The number of aliphatic carboxylic acids is 1. The van der Waals surface area contributed by atoms with Gasteiger partial charge in [0.25, 0.3) is 5.91 Å². The highest BCUT2D eigenvalue weighted by molar-refractivity contribution is 7.14. The van der Waals surface area contributed by atoms with Gasteiger partial charge in [-0.2, -0.15) is 0 Å². The Morgan fingerprint density at radius 3 is 2.65 bits per heavy atom. The fourth-order valence-corrected chi connectivity index (χ4v) is 4.11. The van der Waals surface area contributed by atoms with Gasteiger partial charge in [-0.25, -0.2) is 19.4 Å². The number of carboxylic acid groups (broad SMARTS) is 1. The molecular formula is C21H26N6O9S. The summed E-state index contributed by atoms with van der Waals surface area (Å²) < 4.78 is 10.1. The van der Waals surface area contributed by atoms with E-state index in [0.717, 1.165) is 11.3 Å². The molecule has 1 aromatic rings. The van der Waals surface area contributed by atoms with Crippen molar-refractivity contribution in [3.63, 3.8) is 0 Å². The number of cyclic esters (lactones) is 1. The van der Waals surface area contributed by atoms with Crippen molar-refractivity contribution in [1.82, 2.24) is 20.5 Å². The lowest BCUT2D eigenvalue weighted by atomic mass is 9.98. The topological polar surface area (TPSA) is 198 Å². The number of hydrogen-bond donors (Lipinski definition) is 4. The van der Waals surface area contributed by atoms with Gasteiger partial charge in [0.05, 0.1) is 12.6 Å². The van der Waals surface area contributed by atoms with Crippen molar-refractivity contribution in [2.45, 2.75) is 56.9 Å². The van der Waals surface area contributed by atoms with Crippen molar-refractivity contribution in [2.24, 2.45) is 5.16 Å². The molecule has 0 unspecified atom stereocenters. The van der Waals surface area contributed by atoms with Crippen LogP contribution in [0.1, 0.15) is 39.3 Å². The number of nitrogens with zero attached hydrogens (tertiary/aromatic N) is 3. The van der Waals surface area contributed by atoms with E-state index in [-0.39, 0.29) is 42.5 Å². The van der Waals surface area contributed by atoms with Gasteiger partial charge in [-0.15, -0.1) is 11.3 Å². The van der Waals surface area contributed by atoms with Crippen LogP contribution in [0.15, 0.2) is 10.5 Å². The number of thiazole rings is 1. The first kappa shape index (κ1) is 26.1. The zero-order chi connectivity index (χ0) is 27.0. The van der Waals surface area contributed by atoms with Crippen LogP contribution in [0.2, 0.25) is 0 Å². The SMILES string of the molecule is CC(C)(C)OC(=O)Nc1nc(C(=NOC2(C(=O)O)CC2)C(=O)N[C@@H]2C(=O)N[C@@H]2CN2CCOC2=O)cs1. The van der Waals surface area contributed by atoms with Crippen molar-refractivity contribution >= 4 is 52.2 Å². The van der Waals surface area contributed by atoms with Crippen LogP contribution < -0.4 is 16.0 Å². The normalized spacial score (nSPS) is 22.4. The van der Waals surface area contributed by atoms with Crippen LogP contribution in [0.25, 0.3) is 0 Å². The molecule has 3 aliphatic rings. The van der Waals surface area contributed by atoms with Gasteiger partial charge in [0, 0.05) is 24.8 Å². The van der Waals surface area contributed by atoms with Gasteiger partial charge in [0.2, 0.25) is 11.5 Å². The summed E-state index contributed by atoms with van der Waals surface area (Å²) in [6, 6.07) is -1.56. The third-order valence-electron chi connectivity index (χ3n) is 5.54. The zero-order valence-corrected chi connectivity index (χ0v) is 21.0.